The fraction of sp³-hybridized carbons (Fsp3) is 0.571. The van der Waals surface area contributed by atoms with Crippen LogP contribution in [-0.2, 0) is 4.79 Å². The molecule has 0 atom stereocenters. The van der Waals surface area contributed by atoms with E-state index in [9.17, 15) is 4.79 Å². The molecule has 0 bridgehead atoms. The van der Waals surface area contributed by atoms with Crippen LogP contribution in [0, 0.1) is 0 Å². The van der Waals surface area contributed by atoms with E-state index in [0.29, 0.717) is 18.7 Å². The largest absolute Gasteiger partial charge is 0.352 e. The van der Waals surface area contributed by atoms with E-state index < -0.39 is 0 Å². The van der Waals surface area contributed by atoms with Crippen LogP contribution in [0.15, 0.2) is 12.2 Å². The van der Waals surface area contributed by atoms with Crippen molar-refractivity contribution in [2.45, 2.75) is 13.3 Å². The quantitative estimate of drug-likeness (QED) is 0.485. The number of nitrogens with two attached hydrogens (primary N) is 1. The van der Waals surface area contributed by atoms with Crippen molar-refractivity contribution >= 4 is 18.3 Å². The summed E-state index contributed by atoms with van der Waals surface area (Å²) in [7, 11) is 0. The van der Waals surface area contributed by atoms with Crippen molar-refractivity contribution in [2.75, 3.05) is 13.1 Å². The number of hydrogen-bond acceptors (Lipinski definition) is 2. The van der Waals surface area contributed by atoms with Crippen LogP contribution in [0.1, 0.15) is 13.3 Å². The van der Waals surface area contributed by atoms with Gasteiger partial charge in [0, 0.05) is 12.1 Å². The predicted octanol–water partition coefficient (Wildman–Crippen LogP) is 0.449. The molecule has 0 aliphatic rings. The molecule has 0 unspecified atom stereocenters. The minimum Gasteiger partial charge on any atom is -0.352 e. The molecule has 0 aromatic rings. The van der Waals surface area contributed by atoms with Gasteiger partial charge in [-0.1, -0.05) is 6.58 Å². The van der Waals surface area contributed by atoms with Crippen molar-refractivity contribution in [3.05, 3.63) is 12.2 Å². The Balaban J connectivity index is 0. The number of halogens is 1. The summed E-state index contributed by atoms with van der Waals surface area (Å²) in [6, 6.07) is 0. The number of hydrogen-bond donors (Lipinski definition) is 2. The molecular weight excluding hydrogens is 164 g/mol. The highest BCUT2D eigenvalue weighted by Gasteiger charge is 1.97. The molecule has 66 valence electrons. The van der Waals surface area contributed by atoms with E-state index in [-0.39, 0.29) is 18.3 Å². The number of nitrogens with one attached hydrogen (secondary N) is 1. The van der Waals surface area contributed by atoms with Crippen LogP contribution < -0.4 is 11.1 Å². The molecule has 0 aliphatic heterocycles. The summed E-state index contributed by atoms with van der Waals surface area (Å²) in [6.45, 7) is 6.42. The summed E-state index contributed by atoms with van der Waals surface area (Å²) in [5.41, 5.74) is 5.76. The van der Waals surface area contributed by atoms with Gasteiger partial charge in [0.05, 0.1) is 0 Å². The molecule has 0 saturated heterocycles. The lowest BCUT2D eigenvalue weighted by atomic mass is 10.3. The predicted molar refractivity (Wildman–Crippen MR) is 48.7 cm³/mol. The van der Waals surface area contributed by atoms with Crippen LogP contribution >= 0.6 is 12.4 Å². The SMILES string of the molecule is C=C(C)C(=O)NCCCN.Cl. The van der Waals surface area contributed by atoms with Crippen LogP contribution in [0.4, 0.5) is 0 Å². The highest BCUT2D eigenvalue weighted by atomic mass is 35.5. The maximum atomic E-state index is 10.8. The highest BCUT2D eigenvalue weighted by Crippen LogP contribution is 1.84. The standard InChI is InChI=1S/C7H14N2O.ClH/c1-6(2)7(10)9-5-3-4-8;/h1,3-5,8H2,2H3,(H,9,10);1H. The molecule has 0 aromatic carbocycles. The van der Waals surface area contributed by atoms with Crippen LogP contribution in [-0.4, -0.2) is 19.0 Å². The Hall–Kier alpha value is -0.540. The van der Waals surface area contributed by atoms with Crippen molar-refractivity contribution < 1.29 is 4.79 Å². The number of carbonyl (C=O) groups excluding carboxylic acids is 1. The first-order valence-electron chi connectivity index (χ1n) is 3.32. The van der Waals surface area contributed by atoms with Crippen molar-refractivity contribution in [2.24, 2.45) is 5.73 Å². The average Bonchev–Trinajstić information content (AvgIpc) is 1.88. The van der Waals surface area contributed by atoms with Gasteiger partial charge in [0.25, 0.3) is 0 Å². The Bertz CT molecular complexity index is 136. The molecule has 0 radical (unpaired) electrons. The minimum atomic E-state index is -0.0894. The molecule has 0 aliphatic carbocycles. The maximum Gasteiger partial charge on any atom is 0.246 e. The monoisotopic (exact) mass is 178 g/mol. The van der Waals surface area contributed by atoms with E-state index in [1.807, 2.05) is 0 Å². The van der Waals surface area contributed by atoms with Crippen LogP contribution in [0.5, 0.6) is 0 Å². The zero-order valence-corrected chi connectivity index (χ0v) is 7.54. The molecule has 0 fully saturated rings. The second-order valence-corrected chi connectivity index (χ2v) is 2.18. The van der Waals surface area contributed by atoms with Crippen molar-refractivity contribution in [1.29, 1.82) is 0 Å². The summed E-state index contributed by atoms with van der Waals surface area (Å²) in [5.74, 6) is -0.0894. The Morgan fingerprint density at radius 1 is 1.64 bits per heavy atom. The van der Waals surface area contributed by atoms with Crippen LogP contribution in [0.2, 0.25) is 0 Å². The molecule has 0 aromatic heterocycles. The first-order chi connectivity index (χ1) is 4.68. The lowest BCUT2D eigenvalue weighted by molar-refractivity contribution is -0.117. The lowest BCUT2D eigenvalue weighted by Crippen LogP contribution is -2.26. The first-order valence-corrected chi connectivity index (χ1v) is 3.32. The summed E-state index contributed by atoms with van der Waals surface area (Å²) < 4.78 is 0. The molecule has 4 heteroatoms. The van der Waals surface area contributed by atoms with Gasteiger partial charge in [0.1, 0.15) is 0 Å². The minimum absolute atomic E-state index is 0. The second kappa shape index (κ2) is 7.57. The summed E-state index contributed by atoms with van der Waals surface area (Å²) in [6.07, 6.45) is 0.818. The summed E-state index contributed by atoms with van der Waals surface area (Å²) in [4.78, 5) is 10.8. The molecule has 1 amide bonds. The Morgan fingerprint density at radius 2 is 2.18 bits per heavy atom. The van der Waals surface area contributed by atoms with Gasteiger partial charge in [-0.3, -0.25) is 4.79 Å². The molecule has 0 heterocycles. The zero-order valence-electron chi connectivity index (χ0n) is 6.72. The second-order valence-electron chi connectivity index (χ2n) is 2.18. The van der Waals surface area contributed by atoms with Gasteiger partial charge in [-0.25, -0.2) is 0 Å². The van der Waals surface area contributed by atoms with Gasteiger partial charge >= 0.3 is 0 Å². The lowest BCUT2D eigenvalue weighted by Gasteiger charge is -2.01. The molecule has 3 N–H and O–H groups in total. The zero-order chi connectivity index (χ0) is 7.98. The topological polar surface area (TPSA) is 55.1 Å². The smallest absolute Gasteiger partial charge is 0.246 e. The highest BCUT2D eigenvalue weighted by molar-refractivity contribution is 5.91. The van der Waals surface area contributed by atoms with Crippen molar-refractivity contribution in [3.63, 3.8) is 0 Å². The molecule has 0 saturated carbocycles. The van der Waals surface area contributed by atoms with E-state index in [4.69, 9.17) is 5.73 Å². The number of rotatable bonds is 4. The molecule has 11 heavy (non-hydrogen) atoms. The van der Waals surface area contributed by atoms with Crippen LogP contribution in [0.25, 0.3) is 0 Å². The third-order valence-corrected chi connectivity index (χ3v) is 1.05. The third kappa shape index (κ3) is 7.36. The third-order valence-electron chi connectivity index (χ3n) is 1.05. The first kappa shape index (κ1) is 13.1. The Kier molecular flexibility index (Phi) is 9.00. The van der Waals surface area contributed by atoms with Crippen molar-refractivity contribution in [3.8, 4) is 0 Å². The van der Waals surface area contributed by atoms with Gasteiger partial charge in [-0.05, 0) is 19.9 Å². The van der Waals surface area contributed by atoms with E-state index in [1.165, 1.54) is 0 Å². The van der Waals surface area contributed by atoms with Gasteiger partial charge in [-0.15, -0.1) is 12.4 Å². The fourth-order valence-corrected chi connectivity index (χ4v) is 0.455. The number of amides is 1. The maximum absolute atomic E-state index is 10.8. The normalized spacial score (nSPS) is 8.18. The summed E-state index contributed by atoms with van der Waals surface area (Å²) >= 11 is 0. The van der Waals surface area contributed by atoms with E-state index in [1.54, 1.807) is 6.92 Å². The molecule has 3 nitrogen and oxygen atoms in total. The Labute approximate surface area is 73.4 Å². The molecule has 0 spiro atoms. The fourth-order valence-electron chi connectivity index (χ4n) is 0.455. The van der Waals surface area contributed by atoms with Gasteiger partial charge in [0.2, 0.25) is 5.91 Å². The van der Waals surface area contributed by atoms with Crippen molar-refractivity contribution in [1.82, 2.24) is 5.32 Å². The average molecular weight is 179 g/mol. The van der Waals surface area contributed by atoms with E-state index in [2.05, 4.69) is 11.9 Å². The Morgan fingerprint density at radius 3 is 2.55 bits per heavy atom. The van der Waals surface area contributed by atoms with Crippen LogP contribution in [0.3, 0.4) is 0 Å². The van der Waals surface area contributed by atoms with Gasteiger partial charge in [-0.2, -0.15) is 0 Å². The summed E-state index contributed by atoms with van der Waals surface area (Å²) in [5, 5.41) is 2.66. The van der Waals surface area contributed by atoms with Gasteiger partial charge in [0.15, 0.2) is 0 Å². The van der Waals surface area contributed by atoms with E-state index in [0.717, 1.165) is 6.42 Å². The molecule has 0 rings (SSSR count). The molecular formula is C7H15ClN2O. The van der Waals surface area contributed by atoms with Gasteiger partial charge < -0.3 is 11.1 Å². The number of carbonyl (C=O) groups is 1. The van der Waals surface area contributed by atoms with E-state index >= 15 is 0 Å².